The Hall–Kier alpha value is -1.10. The number of carbonyl (C=O) groups is 2. The van der Waals surface area contributed by atoms with Crippen LogP contribution >= 0.6 is 0 Å². The highest BCUT2D eigenvalue weighted by Gasteiger charge is 2.34. The first-order valence-electron chi connectivity index (χ1n) is 6.94. The quantitative estimate of drug-likeness (QED) is 0.750. The SMILES string of the molecule is CNC(=O)C1CCCN1C(=O)CC1CCNCC1. The molecule has 102 valence electrons. The molecule has 2 aliphatic rings. The number of nitrogens with zero attached hydrogens (tertiary/aromatic N) is 1. The summed E-state index contributed by atoms with van der Waals surface area (Å²) in [7, 11) is 1.64. The minimum absolute atomic E-state index is 0.0221. The molecule has 2 fully saturated rings. The highest BCUT2D eigenvalue weighted by molar-refractivity contribution is 5.88. The van der Waals surface area contributed by atoms with Gasteiger partial charge in [0.2, 0.25) is 11.8 Å². The molecule has 0 aromatic heterocycles. The third kappa shape index (κ3) is 3.02. The molecular formula is C13H23N3O2. The molecule has 2 N–H and O–H groups in total. The molecule has 18 heavy (non-hydrogen) atoms. The van der Waals surface area contributed by atoms with Gasteiger partial charge in [0.05, 0.1) is 0 Å². The molecule has 0 bridgehead atoms. The average Bonchev–Trinajstić information content (AvgIpc) is 2.88. The van der Waals surface area contributed by atoms with E-state index in [0.29, 0.717) is 12.3 Å². The summed E-state index contributed by atoms with van der Waals surface area (Å²) in [6.45, 7) is 2.76. The molecule has 1 atom stereocenters. The number of rotatable bonds is 3. The summed E-state index contributed by atoms with van der Waals surface area (Å²) in [5.41, 5.74) is 0. The van der Waals surface area contributed by atoms with Crippen LogP contribution in [-0.4, -0.2) is 49.4 Å². The second-order valence-corrected chi connectivity index (χ2v) is 5.26. The van der Waals surface area contributed by atoms with Gasteiger partial charge in [-0.3, -0.25) is 9.59 Å². The first kappa shape index (κ1) is 13.3. The monoisotopic (exact) mass is 253 g/mol. The number of carbonyl (C=O) groups excluding carboxylic acids is 2. The van der Waals surface area contributed by atoms with Gasteiger partial charge < -0.3 is 15.5 Å². The third-order valence-electron chi connectivity index (χ3n) is 4.04. The van der Waals surface area contributed by atoms with Crippen molar-refractivity contribution in [3.63, 3.8) is 0 Å². The molecular weight excluding hydrogens is 230 g/mol. The predicted octanol–water partition coefficient (Wildman–Crippen LogP) is 0.113. The molecule has 2 amide bonds. The van der Waals surface area contributed by atoms with Gasteiger partial charge in [-0.2, -0.15) is 0 Å². The first-order valence-corrected chi connectivity index (χ1v) is 6.94. The van der Waals surface area contributed by atoms with Crippen LogP contribution in [0.2, 0.25) is 0 Å². The van der Waals surface area contributed by atoms with E-state index < -0.39 is 0 Å². The number of likely N-dealkylation sites (tertiary alicyclic amines) is 1. The van der Waals surface area contributed by atoms with Crippen molar-refractivity contribution in [1.29, 1.82) is 0 Å². The Morgan fingerprint density at radius 1 is 1.28 bits per heavy atom. The fourth-order valence-electron chi connectivity index (χ4n) is 2.95. The summed E-state index contributed by atoms with van der Waals surface area (Å²) < 4.78 is 0. The molecule has 0 aromatic carbocycles. The zero-order chi connectivity index (χ0) is 13.0. The molecule has 2 aliphatic heterocycles. The van der Waals surface area contributed by atoms with E-state index >= 15 is 0 Å². The zero-order valence-corrected chi connectivity index (χ0v) is 11.1. The van der Waals surface area contributed by atoms with E-state index in [2.05, 4.69) is 10.6 Å². The predicted molar refractivity (Wildman–Crippen MR) is 69.0 cm³/mol. The standard InChI is InChI=1S/C13H23N3O2/c1-14-13(18)11-3-2-8-16(11)12(17)9-10-4-6-15-7-5-10/h10-11,15H,2-9H2,1H3,(H,14,18). The zero-order valence-electron chi connectivity index (χ0n) is 11.1. The summed E-state index contributed by atoms with van der Waals surface area (Å²) in [6.07, 6.45) is 4.50. The number of amides is 2. The lowest BCUT2D eigenvalue weighted by Gasteiger charge is -2.27. The van der Waals surface area contributed by atoms with Crippen molar-refractivity contribution >= 4 is 11.8 Å². The summed E-state index contributed by atoms with van der Waals surface area (Å²) in [4.78, 5) is 25.8. The van der Waals surface area contributed by atoms with E-state index in [1.165, 1.54) is 0 Å². The number of likely N-dealkylation sites (N-methyl/N-ethyl adjacent to an activating group) is 1. The van der Waals surface area contributed by atoms with Gasteiger partial charge in [0, 0.05) is 20.0 Å². The number of piperidine rings is 1. The third-order valence-corrected chi connectivity index (χ3v) is 4.04. The van der Waals surface area contributed by atoms with Gasteiger partial charge >= 0.3 is 0 Å². The Balaban J connectivity index is 1.89. The normalized spacial score (nSPS) is 25.2. The van der Waals surface area contributed by atoms with Crippen molar-refractivity contribution in [3.05, 3.63) is 0 Å². The average molecular weight is 253 g/mol. The molecule has 5 nitrogen and oxygen atoms in total. The summed E-state index contributed by atoms with van der Waals surface area (Å²) in [5, 5.41) is 5.96. The highest BCUT2D eigenvalue weighted by atomic mass is 16.2. The van der Waals surface area contributed by atoms with Gasteiger partial charge in [0.25, 0.3) is 0 Å². The molecule has 2 rings (SSSR count). The maximum absolute atomic E-state index is 12.3. The van der Waals surface area contributed by atoms with E-state index in [9.17, 15) is 9.59 Å². The van der Waals surface area contributed by atoms with Crippen molar-refractivity contribution < 1.29 is 9.59 Å². The van der Waals surface area contributed by atoms with E-state index in [0.717, 1.165) is 45.3 Å². The van der Waals surface area contributed by atoms with Crippen LogP contribution in [0.5, 0.6) is 0 Å². The second kappa shape index (κ2) is 6.18. The van der Waals surface area contributed by atoms with Crippen molar-refractivity contribution in [1.82, 2.24) is 15.5 Å². The Kier molecular flexibility index (Phi) is 4.58. The van der Waals surface area contributed by atoms with E-state index in [4.69, 9.17) is 0 Å². The first-order chi connectivity index (χ1) is 8.72. The fraction of sp³-hybridized carbons (Fsp3) is 0.846. The lowest BCUT2D eigenvalue weighted by Crippen LogP contribution is -2.45. The topological polar surface area (TPSA) is 61.4 Å². The number of hydrogen-bond donors (Lipinski definition) is 2. The Morgan fingerprint density at radius 2 is 2.00 bits per heavy atom. The summed E-state index contributed by atoms with van der Waals surface area (Å²) >= 11 is 0. The largest absolute Gasteiger partial charge is 0.357 e. The minimum Gasteiger partial charge on any atom is -0.357 e. The minimum atomic E-state index is -0.232. The number of nitrogens with one attached hydrogen (secondary N) is 2. The van der Waals surface area contributed by atoms with Crippen molar-refractivity contribution in [2.75, 3.05) is 26.7 Å². The van der Waals surface area contributed by atoms with E-state index in [-0.39, 0.29) is 17.9 Å². The maximum atomic E-state index is 12.3. The van der Waals surface area contributed by atoms with Crippen LogP contribution in [0.4, 0.5) is 0 Å². The maximum Gasteiger partial charge on any atom is 0.242 e. The Bertz CT molecular complexity index is 313. The molecule has 5 heteroatoms. The summed E-state index contributed by atoms with van der Waals surface area (Å²) in [6, 6.07) is -0.232. The van der Waals surface area contributed by atoms with Gasteiger partial charge in [-0.25, -0.2) is 0 Å². The molecule has 0 spiro atoms. The van der Waals surface area contributed by atoms with Crippen molar-refractivity contribution in [3.8, 4) is 0 Å². The number of hydrogen-bond acceptors (Lipinski definition) is 3. The van der Waals surface area contributed by atoms with Crippen LogP contribution in [-0.2, 0) is 9.59 Å². The van der Waals surface area contributed by atoms with Crippen LogP contribution in [0.15, 0.2) is 0 Å². The Labute approximate surface area is 108 Å². The molecule has 0 saturated carbocycles. The lowest BCUT2D eigenvalue weighted by atomic mass is 9.94. The van der Waals surface area contributed by atoms with Crippen molar-refractivity contribution in [2.24, 2.45) is 5.92 Å². The molecule has 0 aromatic rings. The van der Waals surface area contributed by atoms with Crippen LogP contribution in [0, 0.1) is 5.92 Å². The van der Waals surface area contributed by atoms with Crippen LogP contribution in [0.3, 0.4) is 0 Å². The molecule has 2 saturated heterocycles. The van der Waals surface area contributed by atoms with Gasteiger partial charge in [-0.15, -0.1) is 0 Å². The van der Waals surface area contributed by atoms with Gasteiger partial charge in [-0.1, -0.05) is 0 Å². The molecule has 0 aliphatic carbocycles. The molecule has 0 radical (unpaired) electrons. The highest BCUT2D eigenvalue weighted by Crippen LogP contribution is 2.22. The van der Waals surface area contributed by atoms with Gasteiger partial charge in [0.1, 0.15) is 6.04 Å². The van der Waals surface area contributed by atoms with Crippen molar-refractivity contribution in [2.45, 2.75) is 38.1 Å². The van der Waals surface area contributed by atoms with Crippen LogP contribution < -0.4 is 10.6 Å². The van der Waals surface area contributed by atoms with Gasteiger partial charge in [0.15, 0.2) is 0 Å². The fourth-order valence-corrected chi connectivity index (χ4v) is 2.95. The Morgan fingerprint density at radius 3 is 2.67 bits per heavy atom. The van der Waals surface area contributed by atoms with Gasteiger partial charge in [-0.05, 0) is 44.7 Å². The van der Waals surface area contributed by atoms with E-state index in [1.807, 2.05) is 0 Å². The van der Waals surface area contributed by atoms with E-state index in [1.54, 1.807) is 11.9 Å². The smallest absolute Gasteiger partial charge is 0.242 e. The molecule has 1 unspecified atom stereocenters. The second-order valence-electron chi connectivity index (χ2n) is 5.26. The molecule has 2 heterocycles. The summed E-state index contributed by atoms with van der Waals surface area (Å²) in [5.74, 6) is 0.629. The lowest BCUT2D eigenvalue weighted by molar-refractivity contribution is -0.139. The van der Waals surface area contributed by atoms with Crippen LogP contribution in [0.25, 0.3) is 0 Å². The van der Waals surface area contributed by atoms with Crippen LogP contribution in [0.1, 0.15) is 32.1 Å².